The van der Waals surface area contributed by atoms with Gasteiger partial charge in [-0.15, -0.1) is 0 Å². The Labute approximate surface area is 225 Å². The summed E-state index contributed by atoms with van der Waals surface area (Å²) in [7, 11) is -4.08. The number of nitro benzene ring substituents is 1. The Morgan fingerprint density at radius 1 is 0.949 bits per heavy atom. The molecule has 206 valence electrons. The van der Waals surface area contributed by atoms with Crippen LogP contribution >= 0.6 is 0 Å². The highest BCUT2D eigenvalue weighted by atomic mass is 32.2. The van der Waals surface area contributed by atoms with Crippen LogP contribution in [0.3, 0.4) is 0 Å². The van der Waals surface area contributed by atoms with E-state index >= 15 is 0 Å². The lowest BCUT2D eigenvalue weighted by molar-refractivity contribution is -0.384. The predicted molar refractivity (Wildman–Crippen MR) is 146 cm³/mol. The number of carboxylic acid groups (broad SMARTS) is 1. The largest absolute Gasteiger partial charge is 0.478 e. The van der Waals surface area contributed by atoms with Crippen LogP contribution in [0.1, 0.15) is 42.5 Å². The summed E-state index contributed by atoms with van der Waals surface area (Å²) in [4.78, 5) is 22.5. The average Bonchev–Trinajstić information content (AvgIpc) is 2.92. The highest BCUT2D eigenvalue weighted by Gasteiger charge is 2.23. The molecule has 4 N–H and O–H groups in total. The molecule has 1 fully saturated rings. The summed E-state index contributed by atoms with van der Waals surface area (Å²) in [6, 6.07) is 14.2. The zero-order chi connectivity index (χ0) is 28.0. The number of nitrogens with zero attached hydrogens (tertiary/aromatic N) is 1. The molecule has 39 heavy (non-hydrogen) atoms. The summed E-state index contributed by atoms with van der Waals surface area (Å²) >= 11 is 0. The van der Waals surface area contributed by atoms with E-state index in [-0.39, 0.29) is 46.7 Å². The standard InChI is InChI=1S/C27H29FN4O6S/c28-20-9-6-18(7-10-20)19-8-12-23(27(33)34)25(16-19)29-14-15-30-39(37,38)22-11-13-24(26(17-22)32(35)36)31-21-4-2-1-3-5-21/h6-13,16-17,21,29-31H,1-5,14-15H2,(H,33,34). The van der Waals surface area contributed by atoms with Gasteiger partial charge in [-0.1, -0.05) is 37.5 Å². The monoisotopic (exact) mass is 556 g/mol. The van der Waals surface area contributed by atoms with Crippen molar-refractivity contribution in [2.75, 3.05) is 23.7 Å². The Morgan fingerprint density at radius 2 is 1.64 bits per heavy atom. The van der Waals surface area contributed by atoms with Crippen molar-refractivity contribution in [1.29, 1.82) is 0 Å². The molecule has 0 heterocycles. The number of carboxylic acids is 1. The van der Waals surface area contributed by atoms with Crippen LogP contribution in [0.2, 0.25) is 0 Å². The van der Waals surface area contributed by atoms with Crippen LogP contribution in [-0.2, 0) is 10.0 Å². The molecule has 0 saturated heterocycles. The molecule has 3 aromatic rings. The van der Waals surface area contributed by atoms with Crippen molar-refractivity contribution < 1.29 is 27.6 Å². The molecule has 1 aliphatic rings. The summed E-state index contributed by atoms with van der Waals surface area (Å²) in [6.45, 7) is -0.0756. The number of sulfonamides is 1. The molecule has 0 bridgehead atoms. The van der Waals surface area contributed by atoms with E-state index in [9.17, 15) is 32.8 Å². The van der Waals surface area contributed by atoms with Gasteiger partial charge >= 0.3 is 5.97 Å². The first-order valence-corrected chi connectivity index (χ1v) is 14.0. The van der Waals surface area contributed by atoms with Crippen molar-refractivity contribution in [3.8, 4) is 11.1 Å². The third-order valence-corrected chi connectivity index (χ3v) is 8.06. The Hall–Kier alpha value is -4.03. The van der Waals surface area contributed by atoms with Gasteiger partial charge in [0.1, 0.15) is 11.5 Å². The topological polar surface area (TPSA) is 151 Å². The summed E-state index contributed by atoms with van der Waals surface area (Å²) < 4.78 is 41.4. The number of anilines is 2. The van der Waals surface area contributed by atoms with Gasteiger partial charge in [0.25, 0.3) is 5.69 Å². The van der Waals surface area contributed by atoms with E-state index in [4.69, 9.17) is 0 Å². The maximum Gasteiger partial charge on any atom is 0.337 e. The number of aromatic carboxylic acids is 1. The first-order valence-electron chi connectivity index (χ1n) is 12.6. The molecule has 0 aliphatic heterocycles. The molecule has 0 atom stereocenters. The Morgan fingerprint density at radius 3 is 2.31 bits per heavy atom. The molecule has 0 aromatic heterocycles. The molecule has 0 radical (unpaired) electrons. The van der Waals surface area contributed by atoms with Crippen molar-refractivity contribution in [3.63, 3.8) is 0 Å². The Kier molecular flexibility index (Phi) is 8.77. The second kappa shape index (κ2) is 12.2. The van der Waals surface area contributed by atoms with Crippen molar-refractivity contribution in [2.24, 2.45) is 0 Å². The fourth-order valence-electron chi connectivity index (χ4n) is 4.58. The minimum atomic E-state index is -4.08. The van der Waals surface area contributed by atoms with Crippen LogP contribution in [-0.4, -0.2) is 43.5 Å². The highest BCUT2D eigenvalue weighted by molar-refractivity contribution is 7.89. The van der Waals surface area contributed by atoms with E-state index in [1.807, 2.05) is 0 Å². The lowest BCUT2D eigenvalue weighted by Crippen LogP contribution is -2.29. The van der Waals surface area contributed by atoms with E-state index in [1.54, 1.807) is 24.3 Å². The molecule has 1 aliphatic carbocycles. The zero-order valence-electron chi connectivity index (χ0n) is 21.0. The van der Waals surface area contributed by atoms with Crippen LogP contribution < -0.4 is 15.4 Å². The van der Waals surface area contributed by atoms with Crippen molar-refractivity contribution in [1.82, 2.24) is 4.72 Å². The minimum absolute atomic E-state index is 0.0135. The number of nitrogens with one attached hydrogen (secondary N) is 3. The van der Waals surface area contributed by atoms with E-state index in [0.29, 0.717) is 11.1 Å². The Bertz CT molecular complexity index is 1460. The second-order valence-corrected chi connectivity index (χ2v) is 11.1. The van der Waals surface area contributed by atoms with E-state index in [0.717, 1.165) is 38.2 Å². The van der Waals surface area contributed by atoms with Gasteiger partial charge in [-0.05, 0) is 60.4 Å². The average molecular weight is 557 g/mol. The van der Waals surface area contributed by atoms with Gasteiger partial charge in [-0.2, -0.15) is 0 Å². The number of rotatable bonds is 11. The van der Waals surface area contributed by atoms with Crippen molar-refractivity contribution in [2.45, 2.75) is 43.0 Å². The van der Waals surface area contributed by atoms with Crippen molar-refractivity contribution >= 4 is 33.1 Å². The maximum absolute atomic E-state index is 13.3. The van der Waals surface area contributed by atoms with Gasteiger partial charge < -0.3 is 15.7 Å². The van der Waals surface area contributed by atoms with E-state index in [2.05, 4.69) is 15.4 Å². The molecule has 4 rings (SSSR count). The molecule has 3 aromatic carbocycles. The third-order valence-electron chi connectivity index (χ3n) is 6.60. The number of benzene rings is 3. The van der Waals surface area contributed by atoms with Gasteiger partial charge in [-0.25, -0.2) is 22.3 Å². The quantitative estimate of drug-likeness (QED) is 0.142. The van der Waals surface area contributed by atoms with E-state index < -0.39 is 26.7 Å². The normalized spacial score (nSPS) is 14.1. The van der Waals surface area contributed by atoms with Gasteiger partial charge in [-0.3, -0.25) is 10.1 Å². The summed E-state index contributed by atoms with van der Waals surface area (Å²) in [5.41, 5.74) is 1.55. The molecule has 12 heteroatoms. The second-order valence-electron chi connectivity index (χ2n) is 9.31. The van der Waals surface area contributed by atoms with Gasteiger partial charge in [0.15, 0.2) is 0 Å². The van der Waals surface area contributed by atoms with Crippen LogP contribution in [0.5, 0.6) is 0 Å². The van der Waals surface area contributed by atoms with Crippen LogP contribution in [0, 0.1) is 15.9 Å². The molecule has 0 amide bonds. The van der Waals surface area contributed by atoms with Crippen molar-refractivity contribution in [3.05, 3.63) is 82.2 Å². The number of carbonyl (C=O) groups is 1. The maximum atomic E-state index is 13.3. The number of halogens is 1. The zero-order valence-corrected chi connectivity index (χ0v) is 21.8. The molecule has 1 saturated carbocycles. The lowest BCUT2D eigenvalue weighted by atomic mass is 9.95. The van der Waals surface area contributed by atoms with Gasteiger partial charge in [0.05, 0.1) is 15.4 Å². The highest BCUT2D eigenvalue weighted by Crippen LogP contribution is 2.31. The third kappa shape index (κ3) is 7.09. The van der Waals surface area contributed by atoms with Crippen LogP contribution in [0.4, 0.5) is 21.5 Å². The molecular weight excluding hydrogens is 527 g/mol. The summed E-state index contributed by atoms with van der Waals surface area (Å²) in [5, 5.41) is 27.3. The first kappa shape index (κ1) is 28.0. The number of hydrogen-bond acceptors (Lipinski definition) is 7. The summed E-state index contributed by atoms with van der Waals surface area (Å²) in [5.74, 6) is -1.56. The van der Waals surface area contributed by atoms with Crippen LogP contribution in [0.15, 0.2) is 65.6 Å². The first-order chi connectivity index (χ1) is 18.6. The number of nitro groups is 1. The van der Waals surface area contributed by atoms with Gasteiger partial charge in [0.2, 0.25) is 10.0 Å². The van der Waals surface area contributed by atoms with Gasteiger partial charge in [0, 0.05) is 30.9 Å². The SMILES string of the molecule is O=C(O)c1ccc(-c2ccc(F)cc2)cc1NCCNS(=O)(=O)c1ccc(NC2CCCCC2)c([N+](=O)[O-])c1. The molecular formula is C27H29FN4O6S. The van der Waals surface area contributed by atoms with Crippen LogP contribution in [0.25, 0.3) is 11.1 Å². The lowest BCUT2D eigenvalue weighted by Gasteiger charge is -2.23. The Balaban J connectivity index is 1.43. The molecule has 10 nitrogen and oxygen atoms in total. The summed E-state index contributed by atoms with van der Waals surface area (Å²) in [6.07, 6.45) is 5.03. The predicted octanol–water partition coefficient (Wildman–Crippen LogP) is 5.23. The molecule has 0 spiro atoms. The molecule has 0 unspecified atom stereocenters. The smallest absolute Gasteiger partial charge is 0.337 e. The fraction of sp³-hybridized carbons (Fsp3) is 0.296. The minimum Gasteiger partial charge on any atom is -0.478 e. The van der Waals surface area contributed by atoms with E-state index in [1.165, 1.54) is 30.3 Å². The fourth-order valence-corrected chi connectivity index (χ4v) is 5.63. The number of hydrogen-bond donors (Lipinski definition) is 4.